The summed E-state index contributed by atoms with van der Waals surface area (Å²) in [6.07, 6.45) is -0.587. The van der Waals surface area contributed by atoms with E-state index in [-0.39, 0.29) is 32.4 Å². The standard InChI is InChI=1S/C33H58N4O9/c1-14-15-21(24(39)27(41)34-17-16-23(38)45-32(8,9)10)35-26(40)22-18-20(44-31(5,6)7)19-37(22)28(42)25(30(2,3)4)36-29(43)46-33(11,12)13/h20-22,25H,14-19H2,1-13H3,(H,34,41)(H,35,40)(H,36,43)/t20?,21?,22-,25+/m0/s1. The predicted octanol–water partition coefficient (Wildman–Crippen LogP) is 3.41. The van der Waals surface area contributed by atoms with Crippen molar-refractivity contribution in [2.45, 2.75) is 157 Å². The number of ether oxygens (including phenoxy) is 3. The third-order valence-electron chi connectivity index (χ3n) is 6.61. The van der Waals surface area contributed by atoms with Crippen LogP contribution in [-0.4, -0.2) is 94.6 Å². The van der Waals surface area contributed by atoms with Gasteiger partial charge in [0.1, 0.15) is 23.3 Å². The molecule has 1 rings (SSSR count). The number of esters is 1. The number of carbonyl (C=O) groups excluding carboxylic acids is 6. The van der Waals surface area contributed by atoms with Crippen LogP contribution in [0.25, 0.3) is 0 Å². The molecule has 1 aliphatic heterocycles. The SMILES string of the molecule is CCCC(NC(=O)[C@@H]1CC(OC(C)(C)C)CN1C(=O)[C@@H](NC(=O)OC(C)(C)C)C(C)(C)C)C(=O)C(=O)NCCC(=O)OC(C)(C)C. The molecule has 0 aromatic heterocycles. The number of likely N-dealkylation sites (tertiary alicyclic amines) is 1. The first-order chi connectivity index (χ1) is 20.7. The maximum atomic E-state index is 14.1. The van der Waals surface area contributed by atoms with Crippen LogP contribution in [0.15, 0.2) is 0 Å². The lowest BCUT2D eigenvalue weighted by molar-refractivity contribution is -0.154. The van der Waals surface area contributed by atoms with E-state index < -0.39 is 82.0 Å². The van der Waals surface area contributed by atoms with Gasteiger partial charge in [0.15, 0.2) is 0 Å². The number of hydrogen-bond donors (Lipinski definition) is 3. The van der Waals surface area contributed by atoms with Gasteiger partial charge in [0, 0.05) is 19.5 Å². The quantitative estimate of drug-likeness (QED) is 0.211. The lowest BCUT2D eigenvalue weighted by Gasteiger charge is -2.36. The minimum Gasteiger partial charge on any atom is -0.460 e. The van der Waals surface area contributed by atoms with Gasteiger partial charge in [-0.1, -0.05) is 34.1 Å². The Morgan fingerprint density at radius 2 is 1.37 bits per heavy atom. The molecule has 0 saturated carbocycles. The lowest BCUT2D eigenvalue weighted by Crippen LogP contribution is -2.59. The van der Waals surface area contributed by atoms with Crippen molar-refractivity contribution in [3.05, 3.63) is 0 Å². The number of amides is 4. The Kier molecular flexibility index (Phi) is 14.2. The molecular weight excluding hydrogens is 596 g/mol. The van der Waals surface area contributed by atoms with Gasteiger partial charge in [-0.3, -0.25) is 24.0 Å². The van der Waals surface area contributed by atoms with Crippen LogP contribution in [0.2, 0.25) is 0 Å². The average Bonchev–Trinajstić information content (AvgIpc) is 3.25. The van der Waals surface area contributed by atoms with Gasteiger partial charge in [0.25, 0.3) is 5.91 Å². The van der Waals surface area contributed by atoms with Crippen molar-refractivity contribution >= 4 is 35.6 Å². The Bertz CT molecular complexity index is 1110. The molecule has 0 spiro atoms. The van der Waals surface area contributed by atoms with Crippen molar-refractivity contribution < 1.29 is 43.0 Å². The molecule has 4 amide bonds. The van der Waals surface area contributed by atoms with E-state index in [1.807, 2.05) is 27.7 Å². The van der Waals surface area contributed by atoms with E-state index >= 15 is 0 Å². The molecule has 0 aliphatic carbocycles. The van der Waals surface area contributed by atoms with Gasteiger partial charge in [-0.15, -0.1) is 0 Å². The molecule has 0 aromatic carbocycles. The Morgan fingerprint density at radius 1 is 0.804 bits per heavy atom. The van der Waals surface area contributed by atoms with E-state index in [0.717, 1.165) is 0 Å². The number of rotatable bonds is 12. The number of ketones is 1. The first-order valence-corrected chi connectivity index (χ1v) is 16.1. The normalized spacial score (nSPS) is 18.7. The van der Waals surface area contributed by atoms with Gasteiger partial charge >= 0.3 is 12.1 Å². The third kappa shape index (κ3) is 14.5. The number of hydrogen-bond acceptors (Lipinski definition) is 9. The molecule has 1 saturated heterocycles. The average molecular weight is 655 g/mol. The fraction of sp³-hybridized carbons (Fsp3) is 0.818. The van der Waals surface area contributed by atoms with Crippen LogP contribution in [0.1, 0.15) is 116 Å². The molecule has 1 aliphatic rings. The summed E-state index contributed by atoms with van der Waals surface area (Å²) >= 11 is 0. The summed E-state index contributed by atoms with van der Waals surface area (Å²) in [7, 11) is 0. The second-order valence-electron chi connectivity index (χ2n) is 15.8. The van der Waals surface area contributed by atoms with E-state index in [4.69, 9.17) is 14.2 Å². The van der Waals surface area contributed by atoms with Crippen molar-refractivity contribution in [3.63, 3.8) is 0 Å². The Labute approximate surface area is 274 Å². The fourth-order valence-electron chi connectivity index (χ4n) is 4.86. The monoisotopic (exact) mass is 654 g/mol. The molecule has 1 fully saturated rings. The van der Waals surface area contributed by atoms with Crippen molar-refractivity contribution in [1.82, 2.24) is 20.9 Å². The molecule has 13 heteroatoms. The summed E-state index contributed by atoms with van der Waals surface area (Å²) in [6, 6.07) is -3.24. The van der Waals surface area contributed by atoms with Crippen LogP contribution in [0.5, 0.6) is 0 Å². The number of nitrogens with zero attached hydrogens (tertiary/aromatic N) is 1. The topological polar surface area (TPSA) is 169 Å². The van der Waals surface area contributed by atoms with Crippen LogP contribution in [0.4, 0.5) is 4.79 Å². The summed E-state index contributed by atoms with van der Waals surface area (Å²) in [5.74, 6) is -3.45. The summed E-state index contributed by atoms with van der Waals surface area (Å²) in [4.78, 5) is 79.8. The summed E-state index contributed by atoms with van der Waals surface area (Å²) < 4.78 is 16.8. The molecule has 0 aromatic rings. The van der Waals surface area contributed by atoms with Gasteiger partial charge in [-0.25, -0.2) is 4.79 Å². The molecular formula is C33H58N4O9. The van der Waals surface area contributed by atoms with Gasteiger partial charge in [0.2, 0.25) is 17.6 Å². The van der Waals surface area contributed by atoms with E-state index in [1.54, 1.807) is 62.3 Å². The molecule has 2 unspecified atom stereocenters. The molecule has 46 heavy (non-hydrogen) atoms. The first-order valence-electron chi connectivity index (χ1n) is 16.1. The van der Waals surface area contributed by atoms with E-state index in [2.05, 4.69) is 16.0 Å². The first kappa shape index (κ1) is 40.8. The maximum absolute atomic E-state index is 14.1. The molecule has 264 valence electrons. The van der Waals surface area contributed by atoms with Crippen LogP contribution >= 0.6 is 0 Å². The van der Waals surface area contributed by atoms with Crippen molar-refractivity contribution in [2.24, 2.45) is 5.41 Å². The molecule has 0 radical (unpaired) electrons. The Balaban J connectivity index is 3.20. The zero-order valence-corrected chi connectivity index (χ0v) is 30.2. The van der Waals surface area contributed by atoms with Crippen molar-refractivity contribution in [1.29, 1.82) is 0 Å². The Hall–Kier alpha value is -3.22. The van der Waals surface area contributed by atoms with E-state index in [9.17, 15) is 28.8 Å². The largest absolute Gasteiger partial charge is 0.460 e. The highest BCUT2D eigenvalue weighted by molar-refractivity contribution is 6.38. The smallest absolute Gasteiger partial charge is 0.408 e. The van der Waals surface area contributed by atoms with Crippen molar-refractivity contribution in [2.75, 3.05) is 13.1 Å². The molecule has 0 bridgehead atoms. The minimum atomic E-state index is -1.16. The zero-order chi connectivity index (χ0) is 35.8. The summed E-state index contributed by atoms with van der Waals surface area (Å²) in [5, 5.41) is 7.80. The summed E-state index contributed by atoms with van der Waals surface area (Å²) in [5.41, 5.74) is -2.80. The van der Waals surface area contributed by atoms with E-state index in [1.165, 1.54) is 4.90 Å². The van der Waals surface area contributed by atoms with Crippen LogP contribution in [0, 0.1) is 5.41 Å². The molecule has 3 N–H and O–H groups in total. The van der Waals surface area contributed by atoms with Gasteiger partial charge < -0.3 is 35.1 Å². The summed E-state index contributed by atoms with van der Waals surface area (Å²) in [6.45, 7) is 23.1. The maximum Gasteiger partial charge on any atom is 0.408 e. The highest BCUT2D eigenvalue weighted by Gasteiger charge is 2.47. The van der Waals surface area contributed by atoms with Crippen LogP contribution in [-0.2, 0) is 38.2 Å². The van der Waals surface area contributed by atoms with E-state index in [0.29, 0.717) is 6.42 Å². The van der Waals surface area contributed by atoms with Crippen molar-refractivity contribution in [3.8, 4) is 0 Å². The zero-order valence-electron chi connectivity index (χ0n) is 30.2. The number of alkyl carbamates (subject to hydrolysis) is 1. The van der Waals surface area contributed by atoms with Gasteiger partial charge in [-0.2, -0.15) is 0 Å². The van der Waals surface area contributed by atoms with Gasteiger partial charge in [-0.05, 0) is 74.1 Å². The number of Topliss-reactive ketones (excluding diaryl/α,β-unsaturated/α-hetero) is 1. The number of nitrogens with one attached hydrogen (secondary N) is 3. The number of carbonyl (C=O) groups is 6. The van der Waals surface area contributed by atoms with Crippen LogP contribution < -0.4 is 16.0 Å². The molecule has 4 atom stereocenters. The van der Waals surface area contributed by atoms with Crippen LogP contribution in [0.3, 0.4) is 0 Å². The fourth-order valence-corrected chi connectivity index (χ4v) is 4.86. The Morgan fingerprint density at radius 3 is 1.85 bits per heavy atom. The second kappa shape index (κ2) is 16.1. The minimum absolute atomic E-state index is 0.0777. The molecule has 1 heterocycles. The third-order valence-corrected chi connectivity index (χ3v) is 6.61. The molecule has 13 nitrogen and oxygen atoms in total. The van der Waals surface area contributed by atoms with Gasteiger partial charge in [0.05, 0.1) is 24.2 Å². The highest BCUT2D eigenvalue weighted by atomic mass is 16.6. The lowest BCUT2D eigenvalue weighted by atomic mass is 9.85. The second-order valence-corrected chi connectivity index (χ2v) is 15.8. The predicted molar refractivity (Wildman–Crippen MR) is 173 cm³/mol. The highest BCUT2D eigenvalue weighted by Crippen LogP contribution is 2.29.